The minimum Gasteiger partial charge on any atom is -0.465 e. The lowest BCUT2D eigenvalue weighted by Crippen LogP contribution is -2.21. The lowest BCUT2D eigenvalue weighted by molar-refractivity contribution is 0.0601. The van der Waals surface area contributed by atoms with Crippen LogP contribution in [0.15, 0.2) is 24.5 Å². The average molecular weight is 482 g/mol. The third kappa shape index (κ3) is 4.44. The molecule has 0 atom stereocenters. The Kier molecular flexibility index (Phi) is 6.24. The van der Waals surface area contributed by atoms with Crippen molar-refractivity contribution in [2.45, 2.75) is 25.8 Å². The SMILES string of the molecule is COC(=O)c1c(NC(=S)Nc2ncn(Cc3ccc(Cl)cc3Cl)n2)sc2c1CCC2. The predicted octanol–water partition coefficient (Wildman–Crippen LogP) is 4.78. The van der Waals surface area contributed by atoms with Crippen LogP contribution in [-0.4, -0.2) is 33.0 Å². The van der Waals surface area contributed by atoms with Gasteiger partial charge in [0.2, 0.25) is 5.95 Å². The Morgan fingerprint density at radius 1 is 1.33 bits per heavy atom. The van der Waals surface area contributed by atoms with Crippen molar-refractivity contribution >= 4 is 68.8 Å². The summed E-state index contributed by atoms with van der Waals surface area (Å²) in [6.45, 7) is 0.439. The van der Waals surface area contributed by atoms with Crippen LogP contribution in [0.25, 0.3) is 0 Å². The molecule has 1 aliphatic carbocycles. The summed E-state index contributed by atoms with van der Waals surface area (Å²) in [4.78, 5) is 17.7. The van der Waals surface area contributed by atoms with Crippen LogP contribution in [0.4, 0.5) is 10.9 Å². The summed E-state index contributed by atoms with van der Waals surface area (Å²) >= 11 is 19.1. The number of benzene rings is 1. The number of hydrogen-bond donors (Lipinski definition) is 2. The second kappa shape index (κ2) is 8.89. The van der Waals surface area contributed by atoms with E-state index in [9.17, 15) is 4.79 Å². The molecule has 11 heteroatoms. The topological polar surface area (TPSA) is 81.1 Å². The van der Waals surface area contributed by atoms with Gasteiger partial charge in [-0.2, -0.15) is 0 Å². The highest BCUT2D eigenvalue weighted by molar-refractivity contribution is 7.80. The van der Waals surface area contributed by atoms with Crippen LogP contribution in [-0.2, 0) is 24.1 Å². The summed E-state index contributed by atoms with van der Waals surface area (Å²) < 4.78 is 6.59. The molecule has 0 saturated carbocycles. The molecule has 2 aromatic heterocycles. The molecule has 30 heavy (non-hydrogen) atoms. The molecule has 0 unspecified atom stereocenters. The first kappa shape index (κ1) is 21.0. The molecule has 0 bridgehead atoms. The van der Waals surface area contributed by atoms with Crippen LogP contribution >= 0.6 is 46.8 Å². The maximum Gasteiger partial charge on any atom is 0.341 e. The first-order chi connectivity index (χ1) is 14.4. The molecule has 1 aromatic carbocycles. The van der Waals surface area contributed by atoms with Gasteiger partial charge in [0.25, 0.3) is 0 Å². The molecular formula is C19H17Cl2N5O2S2. The Bertz CT molecular complexity index is 1130. The first-order valence-electron chi connectivity index (χ1n) is 9.09. The molecule has 156 valence electrons. The van der Waals surface area contributed by atoms with Gasteiger partial charge in [0.1, 0.15) is 11.3 Å². The number of hydrogen-bond acceptors (Lipinski definition) is 6. The molecule has 1 aliphatic rings. The largest absolute Gasteiger partial charge is 0.465 e. The van der Waals surface area contributed by atoms with Crippen molar-refractivity contribution in [1.82, 2.24) is 14.8 Å². The number of aryl methyl sites for hydroxylation is 1. The van der Waals surface area contributed by atoms with Crippen molar-refractivity contribution in [3.63, 3.8) is 0 Å². The third-order valence-corrected chi connectivity index (χ3v) is 6.65. The van der Waals surface area contributed by atoms with E-state index in [1.54, 1.807) is 23.1 Å². The number of fused-ring (bicyclic) bond motifs is 1. The highest BCUT2D eigenvalue weighted by Gasteiger charge is 2.27. The molecule has 3 aromatic rings. The van der Waals surface area contributed by atoms with Crippen molar-refractivity contribution in [1.29, 1.82) is 0 Å². The summed E-state index contributed by atoms with van der Waals surface area (Å²) in [6, 6.07) is 5.30. The van der Waals surface area contributed by atoms with Crippen molar-refractivity contribution < 1.29 is 9.53 Å². The number of esters is 1. The zero-order valence-electron chi connectivity index (χ0n) is 15.9. The summed E-state index contributed by atoms with van der Waals surface area (Å²) in [6.07, 6.45) is 4.46. The monoisotopic (exact) mass is 481 g/mol. The second-order valence-corrected chi connectivity index (χ2v) is 8.99. The molecule has 0 radical (unpaired) electrons. The number of methoxy groups -OCH3 is 1. The second-order valence-electron chi connectivity index (χ2n) is 6.63. The minimum absolute atomic E-state index is 0.294. The summed E-state index contributed by atoms with van der Waals surface area (Å²) in [7, 11) is 1.38. The fourth-order valence-electron chi connectivity index (χ4n) is 3.30. The van der Waals surface area contributed by atoms with Gasteiger partial charge in [0, 0.05) is 14.9 Å². The number of nitrogens with zero attached hydrogens (tertiary/aromatic N) is 3. The van der Waals surface area contributed by atoms with Crippen molar-refractivity contribution in [3.8, 4) is 0 Å². The van der Waals surface area contributed by atoms with E-state index in [4.69, 9.17) is 40.2 Å². The van der Waals surface area contributed by atoms with Gasteiger partial charge < -0.3 is 10.1 Å². The van der Waals surface area contributed by atoms with E-state index in [0.29, 0.717) is 38.2 Å². The molecule has 0 amide bonds. The van der Waals surface area contributed by atoms with Gasteiger partial charge in [-0.05, 0) is 54.7 Å². The number of nitrogens with one attached hydrogen (secondary N) is 2. The molecule has 2 N–H and O–H groups in total. The van der Waals surface area contributed by atoms with E-state index in [1.807, 2.05) is 6.07 Å². The summed E-state index contributed by atoms with van der Waals surface area (Å²) in [5, 5.41) is 12.5. The highest BCUT2D eigenvalue weighted by atomic mass is 35.5. The van der Waals surface area contributed by atoms with Crippen LogP contribution in [0, 0.1) is 0 Å². The molecule has 4 rings (SSSR count). The number of thiocarbonyl (C=S) groups is 1. The van der Waals surface area contributed by atoms with Crippen molar-refractivity contribution in [2.24, 2.45) is 0 Å². The Morgan fingerprint density at radius 3 is 2.93 bits per heavy atom. The van der Waals surface area contributed by atoms with E-state index in [2.05, 4.69) is 20.7 Å². The van der Waals surface area contributed by atoms with Gasteiger partial charge in [0.15, 0.2) is 5.11 Å². The number of rotatable bonds is 5. The maximum absolute atomic E-state index is 12.3. The molecule has 2 heterocycles. The smallest absolute Gasteiger partial charge is 0.341 e. The number of aromatic nitrogens is 3. The molecular weight excluding hydrogens is 465 g/mol. The molecule has 0 saturated heterocycles. The fourth-order valence-corrected chi connectivity index (χ4v) is 5.31. The van der Waals surface area contributed by atoms with Gasteiger partial charge in [-0.1, -0.05) is 29.3 Å². The summed E-state index contributed by atoms with van der Waals surface area (Å²) in [5.41, 5.74) is 2.49. The molecule has 0 fully saturated rings. The first-order valence-corrected chi connectivity index (χ1v) is 11.1. The zero-order chi connectivity index (χ0) is 21.3. The van der Waals surface area contributed by atoms with Gasteiger partial charge in [0.05, 0.1) is 19.2 Å². The number of halogens is 2. The predicted molar refractivity (Wildman–Crippen MR) is 123 cm³/mol. The molecule has 7 nitrogen and oxygen atoms in total. The normalized spacial score (nSPS) is 12.5. The van der Waals surface area contributed by atoms with Crippen LogP contribution < -0.4 is 10.6 Å². The standard InChI is InChI=1S/C19H17Cl2N5O2S2/c1-28-17(27)15-12-3-2-4-14(12)30-16(15)23-19(29)24-18-22-9-26(25-18)8-10-5-6-11(20)7-13(10)21/h5-7,9H,2-4,8H2,1H3,(H2,23,24,25,29). The Labute approximate surface area is 192 Å². The number of carbonyl (C=O) groups excluding carboxylic acids is 1. The number of ether oxygens (including phenoxy) is 1. The molecule has 0 spiro atoms. The van der Waals surface area contributed by atoms with Crippen molar-refractivity contribution in [3.05, 3.63) is 56.1 Å². The van der Waals surface area contributed by atoms with Crippen molar-refractivity contribution in [2.75, 3.05) is 17.7 Å². The third-order valence-electron chi connectivity index (χ3n) is 4.65. The van der Waals surface area contributed by atoms with Gasteiger partial charge >= 0.3 is 5.97 Å². The lowest BCUT2D eigenvalue weighted by Gasteiger charge is -2.09. The van der Waals surface area contributed by atoms with E-state index >= 15 is 0 Å². The highest BCUT2D eigenvalue weighted by Crippen LogP contribution is 2.39. The van der Waals surface area contributed by atoms with Crippen LogP contribution in [0.1, 0.15) is 32.8 Å². The van der Waals surface area contributed by atoms with E-state index in [0.717, 1.165) is 30.4 Å². The lowest BCUT2D eigenvalue weighted by atomic mass is 10.1. The van der Waals surface area contributed by atoms with E-state index in [-0.39, 0.29) is 5.97 Å². The van der Waals surface area contributed by atoms with E-state index in [1.165, 1.54) is 23.3 Å². The van der Waals surface area contributed by atoms with Crippen LogP contribution in [0.5, 0.6) is 0 Å². The minimum atomic E-state index is -0.359. The van der Waals surface area contributed by atoms with Crippen LogP contribution in [0.2, 0.25) is 10.0 Å². The Morgan fingerprint density at radius 2 is 2.17 bits per heavy atom. The van der Waals surface area contributed by atoms with E-state index < -0.39 is 0 Å². The van der Waals surface area contributed by atoms with Gasteiger partial charge in [-0.25, -0.2) is 14.5 Å². The number of thiophene rings is 1. The quantitative estimate of drug-likeness (QED) is 0.400. The Balaban J connectivity index is 1.44. The fraction of sp³-hybridized carbons (Fsp3) is 0.263. The number of carbonyl (C=O) groups is 1. The molecule has 0 aliphatic heterocycles. The van der Waals surface area contributed by atoms with Crippen LogP contribution in [0.3, 0.4) is 0 Å². The Hall–Kier alpha value is -2.20. The average Bonchev–Trinajstić information content (AvgIpc) is 3.40. The maximum atomic E-state index is 12.3. The summed E-state index contributed by atoms with van der Waals surface area (Å²) in [5.74, 6) is -0.0248. The zero-order valence-corrected chi connectivity index (χ0v) is 19.0. The van der Waals surface area contributed by atoms with Gasteiger partial charge in [-0.3, -0.25) is 5.32 Å². The van der Waals surface area contributed by atoms with Gasteiger partial charge in [-0.15, -0.1) is 16.4 Å². The number of anilines is 2.